The average Bonchev–Trinajstić information content (AvgIpc) is 3.17. The number of methoxy groups -OCH3 is 1. The molecule has 0 spiro atoms. The second kappa shape index (κ2) is 10.9. The number of hydrogen-bond acceptors (Lipinski definition) is 5. The minimum Gasteiger partial charge on any atom is -0.497 e. The van der Waals surface area contributed by atoms with Crippen LogP contribution in [0.3, 0.4) is 0 Å². The van der Waals surface area contributed by atoms with Crippen LogP contribution < -0.4 is 15.0 Å². The number of hydrogen-bond donors (Lipinski definition) is 1. The SMILES string of the molecule is CCC(C)(C(=O)Nc1ccc(OC)cc1)N(Cc1ccc(C)cc1)C(=O)CN1C(=O)C(=O)c2ccccc21. The molecule has 8 heteroatoms. The van der Waals surface area contributed by atoms with Gasteiger partial charge in [0.05, 0.1) is 18.4 Å². The van der Waals surface area contributed by atoms with Crippen LogP contribution in [0.2, 0.25) is 0 Å². The van der Waals surface area contributed by atoms with Gasteiger partial charge in [0.2, 0.25) is 11.8 Å². The monoisotopic (exact) mass is 513 g/mol. The fourth-order valence-corrected chi connectivity index (χ4v) is 4.45. The van der Waals surface area contributed by atoms with Crippen LogP contribution in [0.25, 0.3) is 0 Å². The van der Waals surface area contributed by atoms with E-state index in [0.717, 1.165) is 11.1 Å². The van der Waals surface area contributed by atoms with Crippen LogP contribution in [0.1, 0.15) is 41.8 Å². The molecule has 38 heavy (non-hydrogen) atoms. The second-order valence-corrected chi connectivity index (χ2v) is 9.51. The molecule has 1 aliphatic heterocycles. The summed E-state index contributed by atoms with van der Waals surface area (Å²) in [5.41, 5.74) is 1.88. The zero-order chi connectivity index (χ0) is 27.4. The highest BCUT2D eigenvalue weighted by molar-refractivity contribution is 6.52. The summed E-state index contributed by atoms with van der Waals surface area (Å²) in [6.07, 6.45) is 0.316. The molecule has 1 atom stereocenters. The molecular formula is C30H31N3O5. The molecule has 1 aliphatic rings. The number of aryl methyl sites for hydroxylation is 1. The largest absolute Gasteiger partial charge is 0.497 e. The maximum Gasteiger partial charge on any atom is 0.299 e. The predicted molar refractivity (Wildman–Crippen MR) is 145 cm³/mol. The Labute approximate surface area is 222 Å². The Morgan fingerprint density at radius 1 is 0.974 bits per heavy atom. The molecule has 4 rings (SSSR count). The van der Waals surface area contributed by atoms with Crippen LogP contribution in [0.15, 0.2) is 72.8 Å². The van der Waals surface area contributed by atoms with Crippen LogP contribution >= 0.6 is 0 Å². The van der Waals surface area contributed by atoms with Crippen molar-refractivity contribution in [2.75, 3.05) is 23.9 Å². The number of fused-ring (bicyclic) bond motifs is 1. The van der Waals surface area contributed by atoms with Crippen molar-refractivity contribution >= 4 is 34.9 Å². The van der Waals surface area contributed by atoms with Gasteiger partial charge < -0.3 is 15.0 Å². The maximum absolute atomic E-state index is 13.9. The highest BCUT2D eigenvalue weighted by Gasteiger charge is 2.43. The number of para-hydroxylation sites is 1. The van der Waals surface area contributed by atoms with Crippen LogP contribution in [-0.4, -0.2) is 47.6 Å². The summed E-state index contributed by atoms with van der Waals surface area (Å²) in [6.45, 7) is 5.31. The van der Waals surface area contributed by atoms with E-state index in [1.54, 1.807) is 62.6 Å². The van der Waals surface area contributed by atoms with Gasteiger partial charge in [-0.1, -0.05) is 48.9 Å². The molecule has 1 unspecified atom stereocenters. The molecule has 3 amide bonds. The number of benzene rings is 3. The third-order valence-electron chi connectivity index (χ3n) is 7.06. The molecular weight excluding hydrogens is 482 g/mol. The van der Waals surface area contributed by atoms with E-state index >= 15 is 0 Å². The summed E-state index contributed by atoms with van der Waals surface area (Å²) in [5, 5.41) is 2.92. The Kier molecular flexibility index (Phi) is 7.62. The molecule has 0 bridgehead atoms. The molecule has 8 nitrogen and oxygen atoms in total. The van der Waals surface area contributed by atoms with E-state index in [2.05, 4.69) is 5.32 Å². The molecule has 1 N–H and O–H groups in total. The van der Waals surface area contributed by atoms with Gasteiger partial charge in [0.25, 0.3) is 11.7 Å². The summed E-state index contributed by atoms with van der Waals surface area (Å²) >= 11 is 0. The Bertz CT molecular complexity index is 1370. The first-order valence-electron chi connectivity index (χ1n) is 12.4. The lowest BCUT2D eigenvalue weighted by atomic mass is 9.93. The average molecular weight is 514 g/mol. The third kappa shape index (κ3) is 5.16. The molecule has 0 radical (unpaired) electrons. The van der Waals surface area contributed by atoms with E-state index < -0.39 is 23.1 Å². The van der Waals surface area contributed by atoms with Gasteiger partial charge in [0, 0.05) is 12.2 Å². The zero-order valence-electron chi connectivity index (χ0n) is 22.0. The Morgan fingerprint density at radius 2 is 1.63 bits per heavy atom. The predicted octanol–water partition coefficient (Wildman–Crippen LogP) is 4.37. The minimum absolute atomic E-state index is 0.150. The summed E-state index contributed by atoms with van der Waals surface area (Å²) in [5.74, 6) is -1.56. The normalized spacial score (nSPS) is 14.1. The van der Waals surface area contributed by atoms with E-state index in [9.17, 15) is 19.2 Å². The van der Waals surface area contributed by atoms with Crippen molar-refractivity contribution in [3.05, 3.63) is 89.5 Å². The van der Waals surface area contributed by atoms with E-state index in [1.807, 2.05) is 38.1 Å². The first kappa shape index (κ1) is 26.6. The van der Waals surface area contributed by atoms with Crippen LogP contribution in [-0.2, 0) is 20.9 Å². The van der Waals surface area contributed by atoms with Gasteiger partial charge in [0.15, 0.2) is 0 Å². The van der Waals surface area contributed by atoms with Crippen LogP contribution in [0.4, 0.5) is 11.4 Å². The lowest BCUT2D eigenvalue weighted by Gasteiger charge is -2.40. The highest BCUT2D eigenvalue weighted by atomic mass is 16.5. The zero-order valence-corrected chi connectivity index (χ0v) is 22.0. The van der Waals surface area contributed by atoms with Crippen molar-refractivity contribution in [2.45, 2.75) is 39.3 Å². The summed E-state index contributed by atoms with van der Waals surface area (Å²) < 4.78 is 5.19. The van der Waals surface area contributed by atoms with Crippen molar-refractivity contribution in [3.8, 4) is 5.75 Å². The van der Waals surface area contributed by atoms with Gasteiger partial charge in [-0.15, -0.1) is 0 Å². The first-order chi connectivity index (χ1) is 18.2. The topological polar surface area (TPSA) is 96.0 Å². The van der Waals surface area contributed by atoms with Crippen molar-refractivity contribution < 1.29 is 23.9 Å². The molecule has 0 fully saturated rings. The number of nitrogens with zero attached hydrogens (tertiary/aromatic N) is 2. The maximum atomic E-state index is 13.9. The highest BCUT2D eigenvalue weighted by Crippen LogP contribution is 2.30. The van der Waals surface area contributed by atoms with Crippen molar-refractivity contribution in [3.63, 3.8) is 0 Å². The molecule has 1 heterocycles. The summed E-state index contributed by atoms with van der Waals surface area (Å²) in [6, 6.07) is 21.2. The minimum atomic E-state index is -1.26. The van der Waals surface area contributed by atoms with E-state index in [1.165, 1.54) is 9.80 Å². The van der Waals surface area contributed by atoms with Gasteiger partial charge in [-0.2, -0.15) is 0 Å². The fourth-order valence-electron chi connectivity index (χ4n) is 4.45. The van der Waals surface area contributed by atoms with Crippen molar-refractivity contribution in [1.82, 2.24) is 4.90 Å². The number of anilines is 2. The second-order valence-electron chi connectivity index (χ2n) is 9.51. The van der Waals surface area contributed by atoms with Gasteiger partial charge >= 0.3 is 0 Å². The van der Waals surface area contributed by atoms with E-state index in [-0.39, 0.29) is 24.6 Å². The molecule has 0 saturated carbocycles. The molecule has 3 aromatic rings. The number of carbonyl (C=O) groups excluding carboxylic acids is 4. The van der Waals surface area contributed by atoms with Gasteiger partial charge in [-0.05, 0) is 62.2 Å². The Morgan fingerprint density at radius 3 is 2.26 bits per heavy atom. The van der Waals surface area contributed by atoms with Gasteiger partial charge in [-0.3, -0.25) is 24.1 Å². The van der Waals surface area contributed by atoms with E-state index in [0.29, 0.717) is 23.5 Å². The summed E-state index contributed by atoms with van der Waals surface area (Å²) in [7, 11) is 1.56. The summed E-state index contributed by atoms with van der Waals surface area (Å²) in [4.78, 5) is 55.6. The lowest BCUT2D eigenvalue weighted by Crippen LogP contribution is -2.58. The van der Waals surface area contributed by atoms with Gasteiger partial charge in [0.1, 0.15) is 17.8 Å². The quantitative estimate of drug-likeness (QED) is 0.429. The van der Waals surface area contributed by atoms with Crippen LogP contribution in [0.5, 0.6) is 5.75 Å². The van der Waals surface area contributed by atoms with Gasteiger partial charge in [-0.25, -0.2) is 0 Å². The smallest absolute Gasteiger partial charge is 0.299 e. The molecule has 196 valence electrons. The fraction of sp³-hybridized carbons (Fsp3) is 0.267. The molecule has 0 aromatic heterocycles. The van der Waals surface area contributed by atoms with Crippen LogP contribution in [0, 0.1) is 6.92 Å². The lowest BCUT2D eigenvalue weighted by molar-refractivity contribution is -0.145. The molecule has 3 aromatic carbocycles. The Balaban J connectivity index is 1.66. The molecule has 0 aliphatic carbocycles. The number of rotatable bonds is 9. The number of ether oxygens (including phenoxy) is 1. The number of Topliss-reactive ketones (excluding diaryl/α,β-unsaturated/α-hetero) is 1. The number of carbonyl (C=O) groups is 4. The van der Waals surface area contributed by atoms with E-state index in [4.69, 9.17) is 4.74 Å². The molecule has 0 saturated heterocycles. The Hall–Kier alpha value is -4.46. The number of amides is 3. The van der Waals surface area contributed by atoms with Crippen molar-refractivity contribution in [1.29, 1.82) is 0 Å². The standard InChI is InChI=1S/C30H31N3O5/c1-5-30(3,29(37)31-22-14-16-23(38-4)17-15-22)33(18-21-12-10-20(2)11-13-21)26(34)19-32-25-9-7-6-8-24(25)27(35)28(32)36/h6-17H,5,18-19H2,1-4H3,(H,31,37). The van der Waals surface area contributed by atoms with Crippen molar-refractivity contribution in [2.24, 2.45) is 0 Å². The first-order valence-corrected chi connectivity index (χ1v) is 12.4. The third-order valence-corrected chi connectivity index (χ3v) is 7.06. The number of nitrogens with one attached hydrogen (secondary N) is 1. The number of ketones is 1.